The van der Waals surface area contributed by atoms with E-state index in [0.29, 0.717) is 16.9 Å². The molecule has 4 rings (SSSR count). The third-order valence-corrected chi connectivity index (χ3v) is 5.23. The van der Waals surface area contributed by atoms with Crippen molar-refractivity contribution in [2.75, 3.05) is 10.6 Å². The second-order valence-corrected chi connectivity index (χ2v) is 7.13. The molecule has 29 heavy (non-hydrogen) atoms. The number of hydrogen-bond acceptors (Lipinski definition) is 7. The first-order valence-electron chi connectivity index (χ1n) is 9.52. The highest BCUT2D eigenvalue weighted by Gasteiger charge is 2.25. The van der Waals surface area contributed by atoms with E-state index in [0.717, 1.165) is 25.7 Å². The first-order chi connectivity index (χ1) is 14.0. The number of rotatable bonds is 5. The monoisotopic (exact) mass is 395 g/mol. The summed E-state index contributed by atoms with van der Waals surface area (Å²) in [7, 11) is 0. The molecule has 2 atom stereocenters. The van der Waals surface area contributed by atoms with Crippen LogP contribution in [0.2, 0.25) is 0 Å². The van der Waals surface area contributed by atoms with Crippen LogP contribution in [-0.4, -0.2) is 32.9 Å². The highest BCUT2D eigenvalue weighted by atomic mass is 19.1. The second kappa shape index (κ2) is 7.96. The summed E-state index contributed by atoms with van der Waals surface area (Å²) >= 11 is 0. The van der Waals surface area contributed by atoms with Crippen LogP contribution in [0.25, 0.3) is 10.9 Å². The molecule has 0 spiro atoms. The van der Waals surface area contributed by atoms with Crippen molar-refractivity contribution >= 4 is 34.0 Å². The van der Waals surface area contributed by atoms with Gasteiger partial charge in [-0.25, -0.2) is 15.0 Å². The van der Waals surface area contributed by atoms with E-state index >= 15 is 0 Å². The lowest BCUT2D eigenvalue weighted by atomic mass is 9.90. The van der Waals surface area contributed by atoms with Gasteiger partial charge in [-0.1, -0.05) is 12.8 Å². The van der Waals surface area contributed by atoms with E-state index in [4.69, 9.17) is 11.5 Å². The second-order valence-electron chi connectivity index (χ2n) is 7.13. The normalized spacial score (nSPS) is 19.1. The van der Waals surface area contributed by atoms with Gasteiger partial charge in [0, 0.05) is 18.3 Å². The van der Waals surface area contributed by atoms with Gasteiger partial charge in [-0.2, -0.15) is 4.39 Å². The molecule has 150 valence electrons. The highest BCUT2D eigenvalue weighted by Crippen LogP contribution is 2.36. The maximum Gasteiger partial charge on any atom is 0.252 e. The van der Waals surface area contributed by atoms with Crippen molar-refractivity contribution in [2.45, 2.75) is 37.8 Å². The average molecular weight is 395 g/mol. The highest BCUT2D eigenvalue weighted by molar-refractivity contribution is 6.02. The van der Waals surface area contributed by atoms with E-state index in [-0.39, 0.29) is 28.9 Å². The number of primary amides is 1. The van der Waals surface area contributed by atoms with Gasteiger partial charge in [0.25, 0.3) is 5.91 Å². The fourth-order valence-corrected chi connectivity index (χ4v) is 3.72. The lowest BCUT2D eigenvalue weighted by Crippen LogP contribution is -2.42. The summed E-state index contributed by atoms with van der Waals surface area (Å²) in [5, 5.41) is 6.77. The summed E-state index contributed by atoms with van der Waals surface area (Å²) in [4.78, 5) is 23.8. The minimum atomic E-state index is -0.637. The number of fused-ring (bicyclic) bond motifs is 1. The van der Waals surface area contributed by atoms with Gasteiger partial charge in [-0.15, -0.1) is 0 Å². The average Bonchev–Trinajstić information content (AvgIpc) is 2.71. The van der Waals surface area contributed by atoms with Crippen LogP contribution >= 0.6 is 0 Å². The fraction of sp³-hybridized carbons (Fsp3) is 0.300. The van der Waals surface area contributed by atoms with Crippen molar-refractivity contribution in [3.63, 3.8) is 0 Å². The van der Waals surface area contributed by atoms with Gasteiger partial charge in [-0.05, 0) is 37.1 Å². The standard InChI is InChI=1S/C20H22FN7O/c21-18-16-14(25-10-26-18)7-8-15(17(16)27-13-6-2-1-5-12(13)22)28-20-11(19(23)29)4-3-9-24-20/h3-4,7-10,12-13,27H,1-2,5-6,22H2,(H2,23,29)(H,24,28). The SMILES string of the molecule is NC(=O)c1cccnc1Nc1ccc2ncnc(F)c2c1NC1CCCCC1N. The van der Waals surface area contributed by atoms with Crippen LogP contribution in [0, 0.1) is 5.95 Å². The summed E-state index contributed by atoms with van der Waals surface area (Å²) in [6, 6.07) is 6.57. The Kier molecular flexibility index (Phi) is 5.22. The zero-order chi connectivity index (χ0) is 20.4. The number of carbonyl (C=O) groups excluding carboxylic acids is 1. The number of pyridine rings is 1. The van der Waals surface area contributed by atoms with E-state index in [2.05, 4.69) is 25.6 Å². The van der Waals surface area contributed by atoms with Crippen molar-refractivity contribution in [3.8, 4) is 0 Å². The predicted octanol–water partition coefficient (Wildman–Crippen LogP) is 2.69. The molecule has 1 aromatic carbocycles. The Morgan fingerprint density at radius 1 is 1.14 bits per heavy atom. The number of carbonyl (C=O) groups is 1. The molecule has 1 aliphatic carbocycles. The van der Waals surface area contributed by atoms with E-state index < -0.39 is 11.9 Å². The molecule has 1 amide bonds. The number of hydrogen-bond donors (Lipinski definition) is 4. The van der Waals surface area contributed by atoms with Gasteiger partial charge in [0.15, 0.2) is 0 Å². The Labute approximate surface area is 166 Å². The van der Waals surface area contributed by atoms with Crippen molar-refractivity contribution in [1.82, 2.24) is 15.0 Å². The maximum atomic E-state index is 14.7. The molecule has 6 N–H and O–H groups in total. The van der Waals surface area contributed by atoms with Crippen molar-refractivity contribution in [1.29, 1.82) is 0 Å². The quantitative estimate of drug-likeness (QED) is 0.488. The van der Waals surface area contributed by atoms with Crippen LogP contribution in [-0.2, 0) is 0 Å². The summed E-state index contributed by atoms with van der Waals surface area (Å²) in [6.45, 7) is 0. The van der Waals surface area contributed by atoms with Gasteiger partial charge >= 0.3 is 0 Å². The molecule has 1 saturated carbocycles. The molecule has 0 bridgehead atoms. The number of amides is 1. The van der Waals surface area contributed by atoms with Crippen LogP contribution in [0.15, 0.2) is 36.8 Å². The smallest absolute Gasteiger partial charge is 0.252 e. The van der Waals surface area contributed by atoms with Crippen LogP contribution in [0.5, 0.6) is 0 Å². The van der Waals surface area contributed by atoms with Gasteiger partial charge < -0.3 is 22.1 Å². The van der Waals surface area contributed by atoms with Gasteiger partial charge in [-0.3, -0.25) is 4.79 Å². The lowest BCUT2D eigenvalue weighted by Gasteiger charge is -2.31. The van der Waals surface area contributed by atoms with E-state index in [1.807, 2.05) is 0 Å². The molecule has 1 fully saturated rings. The molecule has 2 unspecified atom stereocenters. The van der Waals surface area contributed by atoms with E-state index in [1.54, 1.807) is 30.5 Å². The number of halogens is 1. The lowest BCUT2D eigenvalue weighted by molar-refractivity contribution is 0.100. The predicted molar refractivity (Wildman–Crippen MR) is 109 cm³/mol. The Morgan fingerprint density at radius 3 is 2.76 bits per heavy atom. The summed E-state index contributed by atoms with van der Waals surface area (Å²) in [5.74, 6) is -0.964. The topological polar surface area (TPSA) is 132 Å². The molecule has 2 aromatic heterocycles. The third-order valence-electron chi connectivity index (χ3n) is 5.23. The Morgan fingerprint density at radius 2 is 1.97 bits per heavy atom. The fourth-order valence-electron chi connectivity index (χ4n) is 3.72. The Balaban J connectivity index is 1.81. The summed E-state index contributed by atoms with van der Waals surface area (Å²) in [5.41, 5.74) is 13.5. The Hall–Kier alpha value is -3.33. The molecule has 0 saturated heterocycles. The molecule has 0 aliphatic heterocycles. The van der Waals surface area contributed by atoms with Gasteiger partial charge in [0.1, 0.15) is 12.1 Å². The number of nitrogens with one attached hydrogen (secondary N) is 2. The molecular weight excluding hydrogens is 373 g/mol. The molecule has 8 nitrogen and oxygen atoms in total. The molecular formula is C20H22FN7O. The zero-order valence-corrected chi connectivity index (χ0v) is 15.7. The van der Waals surface area contributed by atoms with Gasteiger partial charge in [0.2, 0.25) is 5.95 Å². The minimum Gasteiger partial charge on any atom is -0.378 e. The molecule has 9 heteroatoms. The van der Waals surface area contributed by atoms with E-state index in [9.17, 15) is 9.18 Å². The molecule has 3 aromatic rings. The number of nitrogens with two attached hydrogens (primary N) is 2. The summed E-state index contributed by atoms with van der Waals surface area (Å²) in [6.07, 6.45) is 6.63. The summed E-state index contributed by atoms with van der Waals surface area (Å²) < 4.78 is 14.7. The first kappa shape index (κ1) is 19.0. The molecule has 1 aliphatic rings. The van der Waals surface area contributed by atoms with Crippen LogP contribution < -0.4 is 22.1 Å². The van der Waals surface area contributed by atoms with Crippen LogP contribution in [0.1, 0.15) is 36.0 Å². The number of aromatic nitrogens is 3. The number of nitrogens with zero attached hydrogens (tertiary/aromatic N) is 3. The first-order valence-corrected chi connectivity index (χ1v) is 9.52. The zero-order valence-electron chi connectivity index (χ0n) is 15.7. The number of benzene rings is 1. The van der Waals surface area contributed by atoms with E-state index in [1.165, 1.54) is 6.33 Å². The van der Waals surface area contributed by atoms with Crippen molar-refractivity contribution in [2.24, 2.45) is 11.5 Å². The molecule has 0 radical (unpaired) electrons. The third kappa shape index (κ3) is 3.81. The minimum absolute atomic E-state index is 0.0196. The van der Waals surface area contributed by atoms with Gasteiger partial charge in [0.05, 0.1) is 27.8 Å². The van der Waals surface area contributed by atoms with Crippen molar-refractivity contribution < 1.29 is 9.18 Å². The molecule has 2 heterocycles. The van der Waals surface area contributed by atoms with Crippen LogP contribution in [0.3, 0.4) is 0 Å². The van der Waals surface area contributed by atoms with Crippen LogP contribution in [0.4, 0.5) is 21.6 Å². The number of anilines is 3. The largest absolute Gasteiger partial charge is 0.378 e. The Bertz CT molecular complexity index is 1060. The maximum absolute atomic E-state index is 14.7. The van der Waals surface area contributed by atoms with Crippen molar-refractivity contribution in [3.05, 3.63) is 48.3 Å².